The van der Waals surface area contributed by atoms with Gasteiger partial charge in [0.05, 0.1) is 17.8 Å². The van der Waals surface area contributed by atoms with Crippen molar-refractivity contribution in [1.29, 1.82) is 0 Å². The van der Waals surface area contributed by atoms with Crippen molar-refractivity contribution < 1.29 is 9.31 Å². The Morgan fingerprint density at radius 3 is 2.89 bits per heavy atom. The first-order valence-electron chi connectivity index (χ1n) is 5.10. The van der Waals surface area contributed by atoms with Crippen molar-refractivity contribution in [2.24, 2.45) is 0 Å². The molecule has 0 saturated carbocycles. The first-order valence-corrected chi connectivity index (χ1v) is 5.47. The molecule has 0 aliphatic carbocycles. The minimum absolute atomic E-state index is 0.0333. The summed E-state index contributed by atoms with van der Waals surface area (Å²) in [6.07, 6.45) is 1.35. The number of benzene rings is 1. The second-order valence-corrected chi connectivity index (χ2v) is 4.23. The van der Waals surface area contributed by atoms with E-state index in [1.807, 2.05) is 6.92 Å². The molecule has 0 aliphatic rings. The lowest BCUT2D eigenvalue weighted by molar-refractivity contribution is -0.389. The van der Waals surface area contributed by atoms with Gasteiger partial charge in [-0.05, 0) is 35.1 Å². The maximum atomic E-state index is 13.1. The molecule has 0 atom stereocenters. The summed E-state index contributed by atoms with van der Waals surface area (Å²) in [6, 6.07) is 4.37. The summed E-state index contributed by atoms with van der Waals surface area (Å²) in [5.41, 5.74) is 1.58. The number of hydrogen-bond donors (Lipinski definition) is 0. The van der Waals surface area contributed by atoms with E-state index in [9.17, 15) is 14.5 Å². The third-order valence-corrected chi connectivity index (χ3v) is 2.78. The van der Waals surface area contributed by atoms with E-state index in [0.29, 0.717) is 5.56 Å². The van der Waals surface area contributed by atoms with E-state index in [2.05, 4.69) is 5.10 Å². The van der Waals surface area contributed by atoms with E-state index in [1.54, 1.807) is 6.07 Å². The van der Waals surface area contributed by atoms with Crippen LogP contribution in [0.4, 0.5) is 10.2 Å². The SMILES string of the molecule is Cc1ccc(F)cc1Cn1cc(Cl)c([N+](=O)[O-])n1. The minimum atomic E-state index is -0.655. The summed E-state index contributed by atoms with van der Waals surface area (Å²) in [6.45, 7) is 2.06. The first kappa shape index (κ1) is 12.5. The molecule has 5 nitrogen and oxygen atoms in total. The van der Waals surface area contributed by atoms with Gasteiger partial charge in [-0.2, -0.15) is 4.68 Å². The van der Waals surface area contributed by atoms with E-state index in [1.165, 1.54) is 23.0 Å². The molecule has 0 aliphatic heterocycles. The van der Waals surface area contributed by atoms with Crippen molar-refractivity contribution in [2.45, 2.75) is 13.5 Å². The fraction of sp³-hybridized carbons (Fsp3) is 0.182. The van der Waals surface area contributed by atoms with E-state index in [0.717, 1.165) is 5.56 Å². The third-order valence-electron chi connectivity index (χ3n) is 2.52. The zero-order chi connectivity index (χ0) is 13.3. The van der Waals surface area contributed by atoms with Crippen LogP contribution in [0.25, 0.3) is 0 Å². The van der Waals surface area contributed by atoms with Crippen molar-refractivity contribution in [1.82, 2.24) is 9.78 Å². The number of nitro groups is 1. The largest absolute Gasteiger partial charge is 0.408 e. The molecule has 94 valence electrons. The van der Waals surface area contributed by atoms with Crippen LogP contribution in [-0.2, 0) is 6.54 Å². The standard InChI is InChI=1S/C11H9ClFN3O2/c1-7-2-3-9(13)4-8(7)5-15-6-10(12)11(14-15)16(17)18/h2-4,6H,5H2,1H3. The molecule has 1 aromatic heterocycles. The summed E-state index contributed by atoms with van der Waals surface area (Å²) in [7, 11) is 0. The van der Waals surface area contributed by atoms with E-state index in [4.69, 9.17) is 11.6 Å². The zero-order valence-electron chi connectivity index (χ0n) is 9.43. The van der Waals surface area contributed by atoms with E-state index < -0.39 is 10.7 Å². The number of halogens is 2. The molecular weight excluding hydrogens is 261 g/mol. The van der Waals surface area contributed by atoms with E-state index in [-0.39, 0.29) is 17.4 Å². The van der Waals surface area contributed by atoms with Gasteiger partial charge in [-0.3, -0.25) is 0 Å². The number of nitrogens with zero attached hydrogens (tertiary/aromatic N) is 3. The lowest BCUT2D eigenvalue weighted by Crippen LogP contribution is -2.03. The summed E-state index contributed by atoms with van der Waals surface area (Å²) < 4.78 is 14.4. The highest BCUT2D eigenvalue weighted by Gasteiger charge is 2.19. The third kappa shape index (κ3) is 2.48. The molecule has 0 amide bonds. The molecule has 0 saturated heterocycles. The Hall–Kier alpha value is -1.95. The van der Waals surface area contributed by atoms with Crippen LogP contribution in [0.1, 0.15) is 11.1 Å². The number of hydrogen-bond acceptors (Lipinski definition) is 3. The molecule has 1 heterocycles. The van der Waals surface area contributed by atoms with Crippen molar-refractivity contribution in [3.05, 3.63) is 56.5 Å². The molecule has 0 radical (unpaired) electrons. The lowest BCUT2D eigenvalue weighted by atomic mass is 10.1. The van der Waals surface area contributed by atoms with Crippen molar-refractivity contribution in [3.63, 3.8) is 0 Å². The van der Waals surface area contributed by atoms with Gasteiger partial charge in [0.25, 0.3) is 0 Å². The second-order valence-electron chi connectivity index (χ2n) is 3.83. The summed E-state index contributed by atoms with van der Waals surface area (Å²) >= 11 is 5.68. The molecular formula is C11H9ClFN3O2. The number of aryl methyl sites for hydroxylation is 1. The molecule has 0 bridgehead atoms. The fourth-order valence-corrected chi connectivity index (χ4v) is 1.80. The smallest absolute Gasteiger partial charge is 0.358 e. The Kier molecular flexibility index (Phi) is 3.29. The second kappa shape index (κ2) is 4.73. The Balaban J connectivity index is 2.31. The van der Waals surface area contributed by atoms with E-state index >= 15 is 0 Å². The normalized spacial score (nSPS) is 10.6. The predicted octanol–water partition coefficient (Wildman–Crippen LogP) is 2.94. The van der Waals surface area contributed by atoms with Gasteiger partial charge in [0, 0.05) is 0 Å². The van der Waals surface area contributed by atoms with Crippen molar-refractivity contribution >= 4 is 17.4 Å². The molecule has 0 fully saturated rings. The van der Waals surface area contributed by atoms with Crippen LogP contribution >= 0.6 is 11.6 Å². The molecule has 0 unspecified atom stereocenters. The molecule has 0 spiro atoms. The van der Waals surface area contributed by atoms with Crippen LogP contribution in [0.2, 0.25) is 5.02 Å². The molecule has 18 heavy (non-hydrogen) atoms. The quantitative estimate of drug-likeness (QED) is 0.636. The Morgan fingerprint density at radius 1 is 1.56 bits per heavy atom. The molecule has 7 heteroatoms. The van der Waals surface area contributed by atoms with Gasteiger partial charge in [0.1, 0.15) is 5.82 Å². The van der Waals surface area contributed by atoms with Gasteiger partial charge in [-0.25, -0.2) is 4.39 Å². The van der Waals surface area contributed by atoms with Crippen molar-refractivity contribution in [3.8, 4) is 0 Å². The van der Waals surface area contributed by atoms with Gasteiger partial charge < -0.3 is 10.1 Å². The molecule has 1 aromatic carbocycles. The van der Waals surface area contributed by atoms with Gasteiger partial charge in [0.2, 0.25) is 0 Å². The predicted molar refractivity (Wildman–Crippen MR) is 64.1 cm³/mol. The molecule has 2 rings (SSSR count). The topological polar surface area (TPSA) is 61.0 Å². The minimum Gasteiger partial charge on any atom is -0.358 e. The number of aromatic nitrogens is 2. The number of rotatable bonds is 3. The highest BCUT2D eigenvalue weighted by atomic mass is 35.5. The van der Waals surface area contributed by atoms with Gasteiger partial charge in [-0.15, -0.1) is 0 Å². The van der Waals surface area contributed by atoms with Crippen LogP contribution in [0, 0.1) is 22.9 Å². The highest BCUT2D eigenvalue weighted by molar-refractivity contribution is 6.32. The average molecular weight is 270 g/mol. The molecule has 0 N–H and O–H groups in total. The first-order chi connectivity index (χ1) is 8.47. The van der Waals surface area contributed by atoms with Crippen molar-refractivity contribution in [2.75, 3.05) is 0 Å². The monoisotopic (exact) mass is 269 g/mol. The summed E-state index contributed by atoms with van der Waals surface area (Å²) in [4.78, 5) is 9.94. The van der Waals surface area contributed by atoms with Gasteiger partial charge in [-0.1, -0.05) is 17.7 Å². The van der Waals surface area contributed by atoms with Crippen LogP contribution < -0.4 is 0 Å². The van der Waals surface area contributed by atoms with Crippen LogP contribution in [0.3, 0.4) is 0 Å². The Morgan fingerprint density at radius 2 is 2.28 bits per heavy atom. The maximum Gasteiger partial charge on any atom is 0.408 e. The Bertz CT molecular complexity index is 612. The summed E-state index contributed by atoms with van der Waals surface area (Å²) in [5, 5.41) is 14.3. The Labute approximate surface area is 107 Å². The van der Waals surface area contributed by atoms with Gasteiger partial charge in [0.15, 0.2) is 5.02 Å². The average Bonchev–Trinajstić information content (AvgIpc) is 2.65. The zero-order valence-corrected chi connectivity index (χ0v) is 10.2. The highest BCUT2D eigenvalue weighted by Crippen LogP contribution is 2.22. The van der Waals surface area contributed by atoms with Crippen LogP contribution in [0.15, 0.2) is 24.4 Å². The summed E-state index contributed by atoms with van der Waals surface area (Å²) in [5.74, 6) is -0.755. The van der Waals surface area contributed by atoms with Gasteiger partial charge >= 0.3 is 5.82 Å². The maximum absolute atomic E-state index is 13.1. The van der Waals surface area contributed by atoms with Crippen LogP contribution in [0.5, 0.6) is 0 Å². The van der Waals surface area contributed by atoms with Crippen LogP contribution in [-0.4, -0.2) is 14.7 Å². The molecule has 2 aromatic rings. The lowest BCUT2D eigenvalue weighted by Gasteiger charge is -2.03. The fourth-order valence-electron chi connectivity index (χ4n) is 1.58.